The number of carboxylic acid groups (broad SMARTS) is 1. The number of amides is 2. The highest BCUT2D eigenvalue weighted by Gasteiger charge is 2.42. The molecular formula is C25H29N3O5S. The molecule has 2 N–H and O–H groups in total. The normalized spacial score (nSPS) is 20.1. The maximum atomic E-state index is 13.3. The van der Waals surface area contributed by atoms with Crippen molar-refractivity contribution in [2.75, 3.05) is 33.0 Å². The van der Waals surface area contributed by atoms with Crippen LogP contribution >= 0.6 is 11.8 Å². The van der Waals surface area contributed by atoms with Gasteiger partial charge in [0.05, 0.1) is 5.37 Å². The third-order valence-corrected chi connectivity index (χ3v) is 7.46. The van der Waals surface area contributed by atoms with E-state index in [4.69, 9.17) is 4.74 Å². The molecule has 1 heterocycles. The van der Waals surface area contributed by atoms with Crippen LogP contribution in [0.15, 0.2) is 48.5 Å². The molecular weight excluding hydrogens is 454 g/mol. The highest BCUT2D eigenvalue weighted by atomic mass is 32.2. The van der Waals surface area contributed by atoms with Crippen LogP contribution in [0.25, 0.3) is 11.1 Å². The molecule has 0 bridgehead atoms. The van der Waals surface area contributed by atoms with E-state index in [0.717, 1.165) is 22.3 Å². The van der Waals surface area contributed by atoms with Gasteiger partial charge in [-0.2, -0.15) is 0 Å². The van der Waals surface area contributed by atoms with Gasteiger partial charge in [0.1, 0.15) is 18.7 Å². The van der Waals surface area contributed by atoms with Gasteiger partial charge in [0.25, 0.3) is 0 Å². The average Bonchev–Trinajstić information content (AvgIpc) is 3.34. The Labute approximate surface area is 203 Å². The van der Waals surface area contributed by atoms with E-state index in [1.54, 1.807) is 25.9 Å². The summed E-state index contributed by atoms with van der Waals surface area (Å²) in [6.07, 6.45) is -0.701. The molecule has 2 aliphatic rings. The van der Waals surface area contributed by atoms with Gasteiger partial charge in [-0.1, -0.05) is 48.5 Å². The first-order chi connectivity index (χ1) is 16.3. The molecule has 1 saturated heterocycles. The number of carboxylic acids is 1. The summed E-state index contributed by atoms with van der Waals surface area (Å²) in [5.74, 6) is -1.24. The number of fused-ring (bicyclic) bond motifs is 3. The first-order valence-corrected chi connectivity index (χ1v) is 12.3. The molecule has 2 aromatic carbocycles. The van der Waals surface area contributed by atoms with Crippen LogP contribution in [-0.4, -0.2) is 83.3 Å². The smallest absolute Gasteiger partial charge is 0.407 e. The molecule has 8 nitrogen and oxygen atoms in total. The topological polar surface area (TPSA) is 99.2 Å². The van der Waals surface area contributed by atoms with Crippen LogP contribution in [0.3, 0.4) is 0 Å². The van der Waals surface area contributed by atoms with Crippen molar-refractivity contribution in [3.63, 3.8) is 0 Å². The third-order valence-electron chi connectivity index (χ3n) is 6.24. The molecule has 0 saturated carbocycles. The summed E-state index contributed by atoms with van der Waals surface area (Å²) < 4.78 is 5.60. The molecule has 3 unspecified atom stereocenters. The molecule has 1 aliphatic heterocycles. The fourth-order valence-electron chi connectivity index (χ4n) is 4.68. The van der Waals surface area contributed by atoms with Crippen LogP contribution in [0.2, 0.25) is 0 Å². The Morgan fingerprint density at radius 2 is 1.71 bits per heavy atom. The van der Waals surface area contributed by atoms with Crippen LogP contribution in [0.4, 0.5) is 4.79 Å². The van der Waals surface area contributed by atoms with Crippen LogP contribution < -0.4 is 5.32 Å². The van der Waals surface area contributed by atoms with Crippen molar-refractivity contribution < 1.29 is 24.2 Å². The largest absolute Gasteiger partial charge is 0.480 e. The molecule has 3 atom stereocenters. The number of hydrogen-bond acceptors (Lipinski definition) is 6. The van der Waals surface area contributed by atoms with Crippen molar-refractivity contribution in [1.29, 1.82) is 0 Å². The number of carbonyl (C=O) groups is 3. The second-order valence-electron chi connectivity index (χ2n) is 8.82. The van der Waals surface area contributed by atoms with E-state index in [1.807, 2.05) is 36.4 Å². The minimum absolute atomic E-state index is 0.0902. The molecule has 0 spiro atoms. The van der Waals surface area contributed by atoms with E-state index < -0.39 is 30.1 Å². The van der Waals surface area contributed by atoms with E-state index in [2.05, 4.69) is 17.4 Å². The number of thioether (sulfide) groups is 1. The summed E-state index contributed by atoms with van der Waals surface area (Å²) in [7, 11) is 3.58. The van der Waals surface area contributed by atoms with Gasteiger partial charge in [-0.05, 0) is 43.3 Å². The molecule has 180 valence electrons. The summed E-state index contributed by atoms with van der Waals surface area (Å²) >= 11 is 1.41. The van der Waals surface area contributed by atoms with Gasteiger partial charge >= 0.3 is 12.1 Å². The minimum Gasteiger partial charge on any atom is -0.480 e. The van der Waals surface area contributed by atoms with Crippen molar-refractivity contribution in [3.8, 4) is 11.1 Å². The van der Waals surface area contributed by atoms with Crippen molar-refractivity contribution in [2.24, 2.45) is 0 Å². The lowest BCUT2D eigenvalue weighted by atomic mass is 9.98. The Kier molecular flexibility index (Phi) is 7.13. The van der Waals surface area contributed by atoms with Gasteiger partial charge in [0.2, 0.25) is 5.91 Å². The van der Waals surface area contributed by atoms with E-state index in [0.29, 0.717) is 5.75 Å². The number of nitrogens with zero attached hydrogens (tertiary/aromatic N) is 2. The Hall–Kier alpha value is -3.04. The summed E-state index contributed by atoms with van der Waals surface area (Å²) in [6, 6.07) is 14.3. The number of aliphatic carboxylic acids is 1. The van der Waals surface area contributed by atoms with Gasteiger partial charge in [-0.15, -0.1) is 11.8 Å². The standard InChI is InChI=1S/C25H29N3O5S/c1-15-28(22(14-34-15)24(30)31)23(29)21(12-27(2)3)26-25(32)33-13-20-18-10-6-4-8-16(18)17-9-5-7-11-19(17)20/h4-11,15,20-22H,12-14H2,1-3H3,(H,26,32)(H,30,31). The second kappa shape index (κ2) is 10.1. The monoisotopic (exact) mass is 483 g/mol. The zero-order valence-electron chi connectivity index (χ0n) is 19.4. The number of hydrogen-bond donors (Lipinski definition) is 2. The summed E-state index contributed by atoms with van der Waals surface area (Å²) in [4.78, 5) is 40.8. The number of benzene rings is 2. The van der Waals surface area contributed by atoms with Gasteiger partial charge < -0.3 is 25.0 Å². The van der Waals surface area contributed by atoms with Crippen molar-refractivity contribution in [1.82, 2.24) is 15.1 Å². The maximum absolute atomic E-state index is 13.3. The van der Waals surface area contributed by atoms with Gasteiger partial charge in [0, 0.05) is 18.2 Å². The summed E-state index contributed by atoms with van der Waals surface area (Å²) in [6.45, 7) is 2.16. The zero-order valence-corrected chi connectivity index (χ0v) is 20.2. The van der Waals surface area contributed by atoms with E-state index in [9.17, 15) is 19.5 Å². The molecule has 2 aromatic rings. The van der Waals surface area contributed by atoms with Crippen molar-refractivity contribution in [2.45, 2.75) is 30.3 Å². The lowest BCUT2D eigenvalue weighted by Gasteiger charge is -2.30. The second-order valence-corrected chi connectivity index (χ2v) is 10.2. The lowest BCUT2D eigenvalue weighted by Crippen LogP contribution is -2.56. The highest BCUT2D eigenvalue weighted by Crippen LogP contribution is 2.44. The molecule has 4 rings (SSSR count). The fraction of sp³-hybridized carbons (Fsp3) is 0.400. The number of rotatable bonds is 7. The van der Waals surface area contributed by atoms with Gasteiger partial charge in [0.15, 0.2) is 0 Å². The summed E-state index contributed by atoms with van der Waals surface area (Å²) in [5, 5.41) is 11.9. The Bertz CT molecular complexity index is 1050. The number of ether oxygens (including phenoxy) is 1. The minimum atomic E-state index is -1.05. The molecule has 1 aliphatic carbocycles. The molecule has 2 amide bonds. The number of carbonyl (C=O) groups excluding carboxylic acids is 2. The number of alkyl carbamates (subject to hydrolysis) is 1. The highest BCUT2D eigenvalue weighted by molar-refractivity contribution is 8.00. The van der Waals surface area contributed by atoms with Gasteiger partial charge in [-0.25, -0.2) is 9.59 Å². The summed E-state index contributed by atoms with van der Waals surface area (Å²) in [5.41, 5.74) is 4.47. The van der Waals surface area contributed by atoms with E-state index in [-0.39, 0.29) is 24.4 Å². The van der Waals surface area contributed by atoms with Crippen LogP contribution in [-0.2, 0) is 14.3 Å². The number of likely N-dealkylation sites (N-methyl/N-ethyl adjacent to an activating group) is 1. The first-order valence-electron chi connectivity index (χ1n) is 11.2. The first kappa shape index (κ1) is 24.1. The Morgan fingerprint density at radius 1 is 1.12 bits per heavy atom. The quantitative estimate of drug-likeness (QED) is 0.625. The van der Waals surface area contributed by atoms with Gasteiger partial charge in [-0.3, -0.25) is 4.79 Å². The van der Waals surface area contributed by atoms with Crippen molar-refractivity contribution in [3.05, 3.63) is 59.7 Å². The Morgan fingerprint density at radius 3 is 2.26 bits per heavy atom. The molecule has 0 aromatic heterocycles. The van der Waals surface area contributed by atoms with Crippen molar-refractivity contribution >= 4 is 29.7 Å². The Balaban J connectivity index is 1.46. The zero-order chi connectivity index (χ0) is 24.4. The molecule has 9 heteroatoms. The number of nitrogens with one attached hydrogen (secondary N) is 1. The molecule has 1 fully saturated rings. The van der Waals surface area contributed by atoms with Crippen LogP contribution in [0.1, 0.15) is 24.0 Å². The SMILES string of the molecule is CC1SCC(C(=O)O)N1C(=O)C(CN(C)C)NC(=O)OCC1c2ccccc2-c2ccccc21. The maximum Gasteiger partial charge on any atom is 0.407 e. The predicted octanol–water partition coefficient (Wildman–Crippen LogP) is 2.83. The molecule has 0 radical (unpaired) electrons. The third kappa shape index (κ3) is 4.76. The predicted molar refractivity (Wildman–Crippen MR) is 131 cm³/mol. The van der Waals surface area contributed by atoms with Crippen LogP contribution in [0.5, 0.6) is 0 Å². The fourth-order valence-corrected chi connectivity index (χ4v) is 5.86. The van der Waals surface area contributed by atoms with E-state index >= 15 is 0 Å². The average molecular weight is 484 g/mol. The van der Waals surface area contributed by atoms with Crippen LogP contribution in [0, 0.1) is 0 Å². The lowest BCUT2D eigenvalue weighted by molar-refractivity contribution is -0.149. The molecule has 34 heavy (non-hydrogen) atoms. The van der Waals surface area contributed by atoms with E-state index in [1.165, 1.54) is 16.7 Å².